The van der Waals surface area contributed by atoms with Crippen molar-refractivity contribution in [1.82, 2.24) is 10.2 Å². The van der Waals surface area contributed by atoms with Crippen LogP contribution in [0.5, 0.6) is 0 Å². The monoisotopic (exact) mass is 332 g/mol. The zero-order valence-corrected chi connectivity index (χ0v) is 14.8. The lowest BCUT2D eigenvalue weighted by Gasteiger charge is -2.35. The van der Waals surface area contributed by atoms with E-state index >= 15 is 0 Å². The van der Waals surface area contributed by atoms with E-state index in [-0.39, 0.29) is 6.10 Å². The van der Waals surface area contributed by atoms with Crippen LogP contribution in [0.1, 0.15) is 107 Å². The van der Waals surface area contributed by atoms with Crippen molar-refractivity contribution in [1.29, 1.82) is 0 Å². The van der Waals surface area contributed by atoms with Gasteiger partial charge in [0.15, 0.2) is 0 Å². The highest BCUT2D eigenvalue weighted by Gasteiger charge is 2.32. The quantitative estimate of drug-likeness (QED) is 0.851. The minimum absolute atomic E-state index is 0.126. The molecule has 4 heteroatoms. The maximum Gasteiger partial charge on any atom is 0.219 e. The van der Waals surface area contributed by atoms with Crippen molar-refractivity contribution in [3.63, 3.8) is 0 Å². The van der Waals surface area contributed by atoms with Crippen molar-refractivity contribution in [2.45, 2.75) is 101 Å². The Balaban J connectivity index is 1.31. The molecule has 3 aliphatic carbocycles. The third kappa shape index (κ3) is 3.68. The van der Waals surface area contributed by atoms with Crippen molar-refractivity contribution in [3.8, 4) is 0 Å². The van der Waals surface area contributed by atoms with Gasteiger partial charge in [-0.3, -0.25) is 0 Å². The zero-order chi connectivity index (χ0) is 16.4. The normalized spacial score (nSPS) is 35.9. The lowest BCUT2D eigenvalue weighted by atomic mass is 9.71. The van der Waals surface area contributed by atoms with Gasteiger partial charge in [-0.25, -0.2) is 0 Å². The van der Waals surface area contributed by atoms with E-state index in [0.29, 0.717) is 11.8 Å². The second-order valence-corrected chi connectivity index (χ2v) is 8.49. The maximum absolute atomic E-state index is 9.65. The Bertz CT molecular complexity index is 507. The molecule has 0 unspecified atom stereocenters. The smallest absolute Gasteiger partial charge is 0.219 e. The highest BCUT2D eigenvalue weighted by molar-refractivity contribution is 4.99. The van der Waals surface area contributed by atoms with Gasteiger partial charge < -0.3 is 9.52 Å². The molecule has 0 aromatic carbocycles. The van der Waals surface area contributed by atoms with E-state index < -0.39 is 0 Å². The summed E-state index contributed by atoms with van der Waals surface area (Å²) in [5.41, 5.74) is 0. The molecule has 0 bridgehead atoms. The van der Waals surface area contributed by atoms with Crippen LogP contribution in [0.15, 0.2) is 4.42 Å². The van der Waals surface area contributed by atoms with Crippen LogP contribution >= 0.6 is 0 Å². The van der Waals surface area contributed by atoms with Gasteiger partial charge in [0.2, 0.25) is 11.8 Å². The van der Waals surface area contributed by atoms with E-state index in [2.05, 4.69) is 10.2 Å². The number of rotatable bonds is 3. The molecule has 1 N–H and O–H groups in total. The summed E-state index contributed by atoms with van der Waals surface area (Å²) in [6, 6.07) is 0. The number of hydrogen-bond acceptors (Lipinski definition) is 4. The van der Waals surface area contributed by atoms with Gasteiger partial charge in [0.25, 0.3) is 0 Å². The van der Waals surface area contributed by atoms with E-state index in [4.69, 9.17) is 4.42 Å². The van der Waals surface area contributed by atoms with E-state index in [1.54, 1.807) is 0 Å². The van der Waals surface area contributed by atoms with Crippen LogP contribution in [0.4, 0.5) is 0 Å². The molecule has 0 radical (unpaired) electrons. The Labute approximate surface area is 145 Å². The molecule has 3 fully saturated rings. The molecule has 0 atom stereocenters. The Morgan fingerprint density at radius 1 is 0.625 bits per heavy atom. The summed E-state index contributed by atoms with van der Waals surface area (Å²) in [7, 11) is 0. The van der Waals surface area contributed by atoms with Gasteiger partial charge in [-0.1, -0.05) is 32.1 Å². The second kappa shape index (κ2) is 7.55. The fourth-order valence-electron chi connectivity index (χ4n) is 5.34. The van der Waals surface area contributed by atoms with Gasteiger partial charge in [0.05, 0.1) is 6.10 Å². The Morgan fingerprint density at radius 2 is 1.12 bits per heavy atom. The first-order valence-electron chi connectivity index (χ1n) is 10.3. The molecule has 0 saturated heterocycles. The maximum atomic E-state index is 9.65. The highest BCUT2D eigenvalue weighted by atomic mass is 16.4. The molecule has 1 heterocycles. The van der Waals surface area contributed by atoms with Gasteiger partial charge in [-0.05, 0) is 63.2 Å². The SMILES string of the molecule is OC1CCC(c2nnc(C3CCC(C4CCCCC4)CC3)o2)CC1. The molecule has 0 aliphatic heterocycles. The van der Waals surface area contributed by atoms with Crippen LogP contribution in [-0.2, 0) is 0 Å². The van der Waals surface area contributed by atoms with Gasteiger partial charge in [0, 0.05) is 11.8 Å². The topological polar surface area (TPSA) is 59.2 Å². The summed E-state index contributed by atoms with van der Waals surface area (Å²) in [4.78, 5) is 0. The first-order valence-corrected chi connectivity index (χ1v) is 10.3. The van der Waals surface area contributed by atoms with Crippen molar-refractivity contribution >= 4 is 0 Å². The Morgan fingerprint density at radius 3 is 1.71 bits per heavy atom. The summed E-state index contributed by atoms with van der Waals surface area (Å²) in [5, 5.41) is 18.4. The van der Waals surface area contributed by atoms with Crippen LogP contribution in [0.2, 0.25) is 0 Å². The lowest BCUT2D eigenvalue weighted by molar-refractivity contribution is 0.117. The molecular formula is C20H32N2O2. The summed E-state index contributed by atoms with van der Waals surface area (Å²) in [6.45, 7) is 0. The molecule has 3 saturated carbocycles. The van der Waals surface area contributed by atoms with Crippen LogP contribution in [0.3, 0.4) is 0 Å². The Hall–Kier alpha value is -0.900. The molecule has 1 aromatic rings. The number of aliphatic hydroxyl groups is 1. The third-order valence-electron chi connectivity index (χ3n) is 6.94. The fraction of sp³-hybridized carbons (Fsp3) is 0.900. The highest BCUT2D eigenvalue weighted by Crippen LogP contribution is 2.43. The largest absolute Gasteiger partial charge is 0.425 e. The molecule has 0 amide bonds. The molecule has 134 valence electrons. The van der Waals surface area contributed by atoms with E-state index in [0.717, 1.165) is 49.3 Å². The van der Waals surface area contributed by atoms with Crippen LogP contribution in [-0.4, -0.2) is 21.4 Å². The van der Waals surface area contributed by atoms with Crippen molar-refractivity contribution in [2.24, 2.45) is 11.8 Å². The van der Waals surface area contributed by atoms with Crippen LogP contribution < -0.4 is 0 Å². The van der Waals surface area contributed by atoms with Crippen molar-refractivity contribution in [3.05, 3.63) is 11.8 Å². The van der Waals surface area contributed by atoms with Crippen LogP contribution in [0.25, 0.3) is 0 Å². The molecule has 24 heavy (non-hydrogen) atoms. The minimum atomic E-state index is -0.126. The molecule has 4 nitrogen and oxygen atoms in total. The number of aromatic nitrogens is 2. The molecule has 0 spiro atoms. The molecular weight excluding hydrogens is 300 g/mol. The van der Waals surface area contributed by atoms with Gasteiger partial charge in [-0.15, -0.1) is 10.2 Å². The standard InChI is InChI=1S/C20H32N2O2/c23-18-12-10-17(11-13-18)20-22-21-19(24-20)16-8-6-15(7-9-16)14-4-2-1-3-5-14/h14-18,23H,1-13H2. The van der Waals surface area contributed by atoms with Gasteiger partial charge in [0.1, 0.15) is 0 Å². The summed E-state index contributed by atoms with van der Waals surface area (Å²) in [5.74, 6) is 4.51. The number of hydrogen-bond donors (Lipinski definition) is 1. The number of nitrogens with zero attached hydrogens (tertiary/aromatic N) is 2. The van der Waals surface area contributed by atoms with Crippen molar-refractivity contribution in [2.75, 3.05) is 0 Å². The zero-order valence-electron chi connectivity index (χ0n) is 14.8. The third-order valence-corrected chi connectivity index (χ3v) is 6.94. The van der Waals surface area contributed by atoms with E-state index in [1.165, 1.54) is 57.8 Å². The summed E-state index contributed by atoms with van der Waals surface area (Å²) < 4.78 is 6.07. The minimum Gasteiger partial charge on any atom is -0.425 e. The summed E-state index contributed by atoms with van der Waals surface area (Å²) >= 11 is 0. The fourth-order valence-corrected chi connectivity index (χ4v) is 5.34. The lowest BCUT2D eigenvalue weighted by Crippen LogP contribution is -2.23. The van der Waals surface area contributed by atoms with E-state index in [1.807, 2.05) is 0 Å². The van der Waals surface area contributed by atoms with E-state index in [9.17, 15) is 5.11 Å². The average molecular weight is 332 g/mol. The first kappa shape index (κ1) is 16.6. The summed E-state index contributed by atoms with van der Waals surface area (Å²) in [6.07, 6.45) is 16.0. The predicted molar refractivity (Wildman–Crippen MR) is 92.8 cm³/mol. The van der Waals surface area contributed by atoms with Gasteiger partial charge >= 0.3 is 0 Å². The molecule has 4 rings (SSSR count). The average Bonchev–Trinajstić information content (AvgIpc) is 3.13. The van der Waals surface area contributed by atoms with Gasteiger partial charge in [-0.2, -0.15) is 0 Å². The van der Waals surface area contributed by atoms with Crippen LogP contribution in [0, 0.1) is 11.8 Å². The van der Waals surface area contributed by atoms with Crippen molar-refractivity contribution < 1.29 is 9.52 Å². The number of aliphatic hydroxyl groups excluding tert-OH is 1. The first-order chi connectivity index (χ1) is 11.8. The second-order valence-electron chi connectivity index (χ2n) is 8.49. The molecule has 3 aliphatic rings. The predicted octanol–water partition coefficient (Wildman–Crippen LogP) is 4.94. The Kier molecular flexibility index (Phi) is 5.21. The molecule has 1 aromatic heterocycles.